The number of rotatable bonds is 8. The van der Waals surface area contributed by atoms with E-state index in [-0.39, 0.29) is 17.3 Å². The molecule has 2 aromatic rings. The van der Waals surface area contributed by atoms with E-state index in [1.807, 2.05) is 45.0 Å². The van der Waals surface area contributed by atoms with Crippen molar-refractivity contribution in [2.24, 2.45) is 0 Å². The Morgan fingerprint density at radius 3 is 2.27 bits per heavy atom. The molecule has 0 heterocycles. The molecule has 2 rings (SSSR count). The van der Waals surface area contributed by atoms with E-state index in [9.17, 15) is 18.0 Å². The number of carbonyl (C=O) groups excluding carboxylic acids is 2. The molecule has 0 radical (unpaired) electrons. The fourth-order valence-electron chi connectivity index (χ4n) is 3.04. The molecular formula is C23H29BrClN3O4S. The number of amides is 2. The maximum atomic E-state index is 13.3. The Morgan fingerprint density at radius 1 is 1.12 bits per heavy atom. The maximum absolute atomic E-state index is 13.3. The molecular weight excluding hydrogens is 530 g/mol. The first-order valence-corrected chi connectivity index (χ1v) is 12.9. The zero-order valence-corrected chi connectivity index (χ0v) is 22.5. The van der Waals surface area contributed by atoms with Crippen molar-refractivity contribution in [2.45, 2.75) is 50.7 Å². The van der Waals surface area contributed by atoms with Crippen molar-refractivity contribution in [1.29, 1.82) is 0 Å². The van der Waals surface area contributed by atoms with Crippen LogP contribution in [0.3, 0.4) is 0 Å². The van der Waals surface area contributed by atoms with E-state index >= 15 is 0 Å². The van der Waals surface area contributed by atoms with Gasteiger partial charge in [-0.1, -0.05) is 39.7 Å². The van der Waals surface area contributed by atoms with E-state index < -0.39 is 34.1 Å². The summed E-state index contributed by atoms with van der Waals surface area (Å²) in [5.74, 6) is -0.819. The number of benzene rings is 2. The van der Waals surface area contributed by atoms with Gasteiger partial charge in [0.15, 0.2) is 0 Å². The Kier molecular flexibility index (Phi) is 9.09. The minimum atomic E-state index is -3.92. The summed E-state index contributed by atoms with van der Waals surface area (Å²) in [5.41, 5.74) is 0.321. The number of carbonyl (C=O) groups is 2. The van der Waals surface area contributed by atoms with Crippen LogP contribution in [-0.4, -0.2) is 54.6 Å². The predicted octanol–water partition coefficient (Wildman–Crippen LogP) is 4.06. The summed E-state index contributed by atoms with van der Waals surface area (Å²) in [6.45, 7) is 6.91. The van der Waals surface area contributed by atoms with Crippen LogP contribution >= 0.6 is 27.5 Å². The molecule has 0 fully saturated rings. The zero-order chi connectivity index (χ0) is 25.0. The molecule has 0 aromatic heterocycles. The number of hydrogen-bond acceptors (Lipinski definition) is 4. The summed E-state index contributed by atoms with van der Waals surface area (Å²) in [6, 6.07) is 12.3. The van der Waals surface area contributed by atoms with Crippen molar-refractivity contribution in [3.05, 3.63) is 63.6 Å². The van der Waals surface area contributed by atoms with E-state index in [1.54, 1.807) is 6.92 Å². The van der Waals surface area contributed by atoms with E-state index in [4.69, 9.17) is 11.6 Å². The van der Waals surface area contributed by atoms with Gasteiger partial charge in [-0.05, 0) is 69.7 Å². The number of nitrogens with zero attached hydrogens (tertiary/aromatic N) is 2. The molecule has 0 unspecified atom stereocenters. The number of hydrogen-bond donors (Lipinski definition) is 1. The number of sulfonamides is 1. The molecule has 0 bridgehead atoms. The molecule has 1 N–H and O–H groups in total. The Balaban J connectivity index is 2.29. The lowest BCUT2D eigenvalue weighted by molar-refractivity contribution is -0.141. The SMILES string of the molecule is C[C@H](C(=O)NC(C)(C)C)N(Cc1cccc(Br)c1)C(=O)CN(C)S(=O)(=O)c1ccc(Cl)cc1. The Bertz CT molecular complexity index is 1100. The molecule has 0 aliphatic heterocycles. The zero-order valence-electron chi connectivity index (χ0n) is 19.3. The van der Waals surface area contributed by atoms with Gasteiger partial charge in [0.1, 0.15) is 6.04 Å². The number of nitrogens with one attached hydrogen (secondary N) is 1. The fourth-order valence-corrected chi connectivity index (χ4v) is 4.73. The van der Waals surface area contributed by atoms with Gasteiger partial charge in [-0.3, -0.25) is 9.59 Å². The number of likely N-dealkylation sites (N-methyl/N-ethyl adjacent to an activating group) is 1. The topological polar surface area (TPSA) is 86.8 Å². The molecule has 33 heavy (non-hydrogen) atoms. The minimum absolute atomic E-state index is 0.0271. The van der Waals surface area contributed by atoms with Crippen LogP contribution in [0.25, 0.3) is 0 Å². The van der Waals surface area contributed by atoms with Gasteiger partial charge >= 0.3 is 0 Å². The quantitative estimate of drug-likeness (QED) is 0.530. The number of halogens is 2. The highest BCUT2D eigenvalue weighted by Gasteiger charge is 2.31. The molecule has 2 amide bonds. The summed E-state index contributed by atoms with van der Waals surface area (Å²) in [4.78, 5) is 27.5. The van der Waals surface area contributed by atoms with Crippen LogP contribution < -0.4 is 5.32 Å². The molecule has 2 aromatic carbocycles. The summed E-state index contributed by atoms with van der Waals surface area (Å²) >= 11 is 9.27. The first-order valence-electron chi connectivity index (χ1n) is 10.3. The van der Waals surface area contributed by atoms with Gasteiger partial charge in [0.25, 0.3) is 0 Å². The second-order valence-corrected chi connectivity index (χ2v) is 12.2. The fraction of sp³-hybridized carbons (Fsp3) is 0.391. The van der Waals surface area contributed by atoms with E-state index in [0.29, 0.717) is 5.02 Å². The van der Waals surface area contributed by atoms with E-state index in [0.717, 1.165) is 14.3 Å². The third kappa shape index (κ3) is 7.81. The second-order valence-electron chi connectivity index (χ2n) is 8.78. The van der Waals surface area contributed by atoms with Gasteiger partial charge in [-0.2, -0.15) is 4.31 Å². The molecule has 0 aliphatic carbocycles. The third-order valence-electron chi connectivity index (χ3n) is 4.79. The molecule has 1 atom stereocenters. The van der Waals surface area contributed by atoms with Crippen molar-refractivity contribution in [3.63, 3.8) is 0 Å². The van der Waals surface area contributed by atoms with Crippen molar-refractivity contribution in [1.82, 2.24) is 14.5 Å². The highest BCUT2D eigenvalue weighted by atomic mass is 79.9. The molecule has 180 valence electrons. The largest absolute Gasteiger partial charge is 0.350 e. The minimum Gasteiger partial charge on any atom is -0.350 e. The normalized spacial score (nSPS) is 13.0. The molecule has 7 nitrogen and oxygen atoms in total. The lowest BCUT2D eigenvalue weighted by Crippen LogP contribution is -2.54. The lowest BCUT2D eigenvalue weighted by Gasteiger charge is -2.32. The average molecular weight is 559 g/mol. The summed E-state index contributed by atoms with van der Waals surface area (Å²) in [7, 11) is -2.59. The van der Waals surface area contributed by atoms with Crippen molar-refractivity contribution in [3.8, 4) is 0 Å². The van der Waals surface area contributed by atoms with Gasteiger partial charge in [0, 0.05) is 28.6 Å². The molecule has 0 aliphatic rings. The standard InChI is InChI=1S/C23H29BrClN3O4S/c1-16(22(30)26-23(2,3)4)28(14-17-7-6-8-18(24)13-17)21(29)15-27(5)33(31,32)20-11-9-19(25)10-12-20/h6-13,16H,14-15H2,1-5H3,(H,26,30)/t16-/m1/s1. The second kappa shape index (κ2) is 11.0. The average Bonchev–Trinajstić information content (AvgIpc) is 2.70. The summed E-state index contributed by atoms with van der Waals surface area (Å²) < 4.78 is 27.7. The molecule has 0 saturated carbocycles. The summed E-state index contributed by atoms with van der Waals surface area (Å²) in [5, 5.41) is 3.29. The van der Waals surface area contributed by atoms with Crippen LogP contribution in [0.15, 0.2) is 57.9 Å². The van der Waals surface area contributed by atoms with E-state index in [2.05, 4.69) is 21.2 Å². The molecule has 0 spiro atoms. The van der Waals surface area contributed by atoms with Gasteiger partial charge < -0.3 is 10.2 Å². The molecule has 10 heteroatoms. The Hall–Kier alpha value is -1.94. The third-order valence-corrected chi connectivity index (χ3v) is 7.35. The first-order chi connectivity index (χ1) is 15.2. The highest BCUT2D eigenvalue weighted by Crippen LogP contribution is 2.19. The van der Waals surface area contributed by atoms with Gasteiger partial charge in [0.05, 0.1) is 11.4 Å². The lowest BCUT2D eigenvalue weighted by atomic mass is 10.1. The monoisotopic (exact) mass is 557 g/mol. The molecule has 0 saturated heterocycles. The van der Waals surface area contributed by atoms with Gasteiger partial charge in [-0.25, -0.2) is 8.42 Å². The highest BCUT2D eigenvalue weighted by molar-refractivity contribution is 9.10. The van der Waals surface area contributed by atoms with Crippen LogP contribution in [0.4, 0.5) is 0 Å². The van der Waals surface area contributed by atoms with Crippen molar-refractivity contribution < 1.29 is 18.0 Å². The van der Waals surface area contributed by atoms with Crippen molar-refractivity contribution in [2.75, 3.05) is 13.6 Å². The van der Waals surface area contributed by atoms with Crippen molar-refractivity contribution >= 4 is 49.4 Å². The van der Waals surface area contributed by atoms with Crippen LogP contribution in [0.2, 0.25) is 5.02 Å². The van der Waals surface area contributed by atoms with Crippen LogP contribution in [0, 0.1) is 0 Å². The van der Waals surface area contributed by atoms with Gasteiger partial charge in [0.2, 0.25) is 21.8 Å². The van der Waals surface area contributed by atoms with E-state index in [1.165, 1.54) is 36.2 Å². The Labute approximate surface area is 209 Å². The van der Waals surface area contributed by atoms with Crippen LogP contribution in [0.1, 0.15) is 33.3 Å². The summed E-state index contributed by atoms with van der Waals surface area (Å²) in [6.07, 6.45) is 0. The van der Waals surface area contributed by atoms with Crippen LogP contribution in [0.5, 0.6) is 0 Å². The Morgan fingerprint density at radius 2 is 1.73 bits per heavy atom. The smallest absolute Gasteiger partial charge is 0.243 e. The maximum Gasteiger partial charge on any atom is 0.243 e. The van der Waals surface area contributed by atoms with Crippen LogP contribution in [-0.2, 0) is 26.2 Å². The van der Waals surface area contributed by atoms with Gasteiger partial charge in [-0.15, -0.1) is 0 Å². The predicted molar refractivity (Wildman–Crippen MR) is 133 cm³/mol. The first kappa shape index (κ1) is 27.3.